The molecule has 5 rings (SSSR count). The van der Waals surface area contributed by atoms with Crippen molar-refractivity contribution in [3.05, 3.63) is 125 Å². The van der Waals surface area contributed by atoms with E-state index in [0.29, 0.717) is 16.8 Å². The van der Waals surface area contributed by atoms with E-state index < -0.39 is 15.9 Å². The predicted octanol–water partition coefficient (Wildman–Crippen LogP) is 4.52. The molecule has 172 valence electrons. The molecule has 0 bridgehead atoms. The molecule has 0 saturated heterocycles. The monoisotopic (exact) mass is 482 g/mol. The van der Waals surface area contributed by atoms with Gasteiger partial charge >= 0.3 is 0 Å². The minimum Gasteiger partial charge on any atom is -0.322 e. The number of ketones is 2. The number of nitrogens with one attached hydrogen (secondary N) is 2. The van der Waals surface area contributed by atoms with Crippen LogP contribution in [0.4, 0.5) is 11.4 Å². The molecule has 1 aliphatic carbocycles. The summed E-state index contributed by atoms with van der Waals surface area (Å²) in [7, 11) is -3.81. The first-order valence-corrected chi connectivity index (χ1v) is 12.1. The van der Waals surface area contributed by atoms with Gasteiger partial charge in [0, 0.05) is 39.2 Å². The number of carbonyl (C=O) groups is 3. The quantitative estimate of drug-likeness (QED) is 0.383. The van der Waals surface area contributed by atoms with Crippen LogP contribution >= 0.6 is 0 Å². The molecule has 0 saturated carbocycles. The van der Waals surface area contributed by atoms with E-state index in [1.165, 1.54) is 36.4 Å². The lowest BCUT2D eigenvalue weighted by atomic mass is 9.84. The van der Waals surface area contributed by atoms with Crippen molar-refractivity contribution in [3.8, 4) is 0 Å². The van der Waals surface area contributed by atoms with Gasteiger partial charge in [-0.2, -0.15) is 0 Å². The van der Waals surface area contributed by atoms with Crippen molar-refractivity contribution in [2.75, 3.05) is 10.0 Å². The standard InChI is InChI=1S/C27H18N2O5S/c30-25-21-11-4-5-12-22(21)26(31)24-16-18(13-14-23(24)25)28-27(32)17-7-6-8-19(15-17)29-35(33,34)20-9-2-1-3-10-20/h1-16,29H,(H,28,32). The normalized spacial score (nSPS) is 12.5. The van der Waals surface area contributed by atoms with Crippen LogP contribution in [0.5, 0.6) is 0 Å². The molecule has 0 heterocycles. The minimum atomic E-state index is -3.81. The smallest absolute Gasteiger partial charge is 0.261 e. The number of hydrogen-bond donors (Lipinski definition) is 2. The van der Waals surface area contributed by atoms with E-state index in [-0.39, 0.29) is 38.8 Å². The summed E-state index contributed by atoms with van der Waals surface area (Å²) < 4.78 is 27.6. The summed E-state index contributed by atoms with van der Waals surface area (Å²) in [5.41, 5.74) is 1.96. The number of sulfonamides is 1. The van der Waals surface area contributed by atoms with Crippen molar-refractivity contribution in [2.24, 2.45) is 0 Å². The van der Waals surface area contributed by atoms with Gasteiger partial charge in [0.05, 0.1) is 4.90 Å². The van der Waals surface area contributed by atoms with Crippen molar-refractivity contribution in [3.63, 3.8) is 0 Å². The van der Waals surface area contributed by atoms with Gasteiger partial charge in [0.1, 0.15) is 0 Å². The average Bonchev–Trinajstić information content (AvgIpc) is 2.87. The zero-order valence-corrected chi connectivity index (χ0v) is 19.0. The van der Waals surface area contributed by atoms with Crippen molar-refractivity contribution < 1.29 is 22.8 Å². The third kappa shape index (κ3) is 4.22. The largest absolute Gasteiger partial charge is 0.322 e. The Morgan fingerprint density at radius 2 is 1.23 bits per heavy atom. The van der Waals surface area contributed by atoms with Gasteiger partial charge in [0.2, 0.25) is 0 Å². The minimum absolute atomic E-state index is 0.102. The first-order valence-electron chi connectivity index (χ1n) is 10.7. The highest BCUT2D eigenvalue weighted by Gasteiger charge is 2.29. The Hall–Kier alpha value is -4.56. The fourth-order valence-electron chi connectivity index (χ4n) is 3.92. The summed E-state index contributed by atoms with van der Waals surface area (Å²) in [6, 6.07) is 25.1. The first kappa shape index (κ1) is 22.2. The highest BCUT2D eigenvalue weighted by Crippen LogP contribution is 2.29. The van der Waals surface area contributed by atoms with Gasteiger partial charge in [0.15, 0.2) is 11.6 Å². The van der Waals surface area contributed by atoms with Gasteiger partial charge < -0.3 is 5.32 Å². The molecule has 0 atom stereocenters. The Kier molecular flexibility index (Phi) is 5.50. The molecule has 0 aliphatic heterocycles. The van der Waals surface area contributed by atoms with Crippen molar-refractivity contribution in [1.82, 2.24) is 0 Å². The maximum Gasteiger partial charge on any atom is 0.261 e. The molecule has 0 radical (unpaired) electrons. The number of amides is 1. The highest BCUT2D eigenvalue weighted by molar-refractivity contribution is 7.92. The van der Waals surface area contributed by atoms with Crippen LogP contribution in [0.25, 0.3) is 0 Å². The van der Waals surface area contributed by atoms with Crippen LogP contribution in [-0.2, 0) is 10.0 Å². The van der Waals surface area contributed by atoms with Crippen LogP contribution in [-0.4, -0.2) is 25.9 Å². The van der Waals surface area contributed by atoms with Crippen molar-refractivity contribution in [1.29, 1.82) is 0 Å². The Bertz CT molecular complexity index is 1610. The second-order valence-electron chi connectivity index (χ2n) is 7.92. The molecule has 4 aromatic carbocycles. The van der Waals surface area contributed by atoms with Crippen LogP contribution in [0.3, 0.4) is 0 Å². The summed E-state index contributed by atoms with van der Waals surface area (Å²) in [5.74, 6) is -1.03. The third-order valence-electron chi connectivity index (χ3n) is 5.61. The van der Waals surface area contributed by atoms with Gasteiger partial charge in [-0.25, -0.2) is 8.42 Å². The summed E-state index contributed by atoms with van der Waals surface area (Å²) >= 11 is 0. The van der Waals surface area contributed by atoms with E-state index in [1.807, 2.05) is 0 Å². The van der Waals surface area contributed by atoms with Gasteiger partial charge in [-0.05, 0) is 48.5 Å². The molecule has 8 heteroatoms. The molecule has 0 spiro atoms. The Labute approximate surface area is 201 Å². The SMILES string of the molecule is O=C(Nc1ccc2c(c1)C(=O)c1ccccc1C2=O)c1cccc(NS(=O)(=O)c2ccccc2)c1. The molecule has 4 aromatic rings. The van der Waals surface area contributed by atoms with Crippen LogP contribution in [0.2, 0.25) is 0 Å². The van der Waals surface area contributed by atoms with Gasteiger partial charge in [-0.15, -0.1) is 0 Å². The molecule has 1 aliphatic rings. The average molecular weight is 483 g/mol. The van der Waals surface area contributed by atoms with E-state index >= 15 is 0 Å². The molecule has 7 nitrogen and oxygen atoms in total. The summed E-state index contributed by atoms with van der Waals surface area (Å²) in [4.78, 5) is 38.7. The first-order chi connectivity index (χ1) is 16.8. The molecule has 1 amide bonds. The van der Waals surface area contributed by atoms with E-state index in [0.717, 1.165) is 0 Å². The molecule has 0 aromatic heterocycles. The van der Waals surface area contributed by atoms with Crippen molar-refractivity contribution in [2.45, 2.75) is 4.90 Å². The molecular weight excluding hydrogens is 464 g/mol. The number of fused-ring (bicyclic) bond motifs is 2. The zero-order valence-electron chi connectivity index (χ0n) is 18.2. The molecule has 35 heavy (non-hydrogen) atoms. The molecule has 0 fully saturated rings. The van der Waals surface area contributed by atoms with Gasteiger partial charge in [-0.1, -0.05) is 48.5 Å². The van der Waals surface area contributed by atoms with E-state index in [1.54, 1.807) is 60.7 Å². The predicted molar refractivity (Wildman–Crippen MR) is 131 cm³/mol. The van der Waals surface area contributed by atoms with E-state index in [2.05, 4.69) is 10.0 Å². The summed E-state index contributed by atoms with van der Waals surface area (Å²) in [6.07, 6.45) is 0. The fourth-order valence-corrected chi connectivity index (χ4v) is 4.99. The number of anilines is 2. The highest BCUT2D eigenvalue weighted by atomic mass is 32.2. The fraction of sp³-hybridized carbons (Fsp3) is 0. The summed E-state index contributed by atoms with van der Waals surface area (Å²) in [6.45, 7) is 0. The number of rotatable bonds is 5. The Balaban J connectivity index is 1.37. The lowest BCUT2D eigenvalue weighted by Gasteiger charge is -2.18. The third-order valence-corrected chi connectivity index (χ3v) is 7.01. The van der Waals surface area contributed by atoms with E-state index in [4.69, 9.17) is 0 Å². The van der Waals surface area contributed by atoms with Crippen LogP contribution < -0.4 is 10.0 Å². The van der Waals surface area contributed by atoms with Crippen LogP contribution in [0.1, 0.15) is 42.2 Å². The van der Waals surface area contributed by atoms with E-state index in [9.17, 15) is 22.8 Å². The Morgan fingerprint density at radius 3 is 1.94 bits per heavy atom. The number of carbonyl (C=O) groups excluding carboxylic acids is 3. The summed E-state index contributed by atoms with van der Waals surface area (Å²) in [5, 5.41) is 2.71. The van der Waals surface area contributed by atoms with Crippen molar-refractivity contribution >= 4 is 38.9 Å². The lowest BCUT2D eigenvalue weighted by molar-refractivity contribution is 0.0979. The maximum absolute atomic E-state index is 12.9. The number of hydrogen-bond acceptors (Lipinski definition) is 5. The van der Waals surface area contributed by atoms with Crippen LogP contribution in [0.15, 0.2) is 102 Å². The van der Waals surface area contributed by atoms with Gasteiger partial charge in [0.25, 0.3) is 15.9 Å². The second kappa shape index (κ2) is 8.66. The topological polar surface area (TPSA) is 109 Å². The molecule has 0 unspecified atom stereocenters. The zero-order chi connectivity index (χ0) is 24.6. The molecule has 2 N–H and O–H groups in total. The Morgan fingerprint density at radius 1 is 0.600 bits per heavy atom. The number of benzene rings is 4. The second-order valence-corrected chi connectivity index (χ2v) is 9.60. The van der Waals surface area contributed by atoms with Crippen LogP contribution in [0, 0.1) is 0 Å². The van der Waals surface area contributed by atoms with Gasteiger partial charge in [-0.3, -0.25) is 19.1 Å². The lowest BCUT2D eigenvalue weighted by Crippen LogP contribution is -2.21. The molecular formula is C27H18N2O5S. The maximum atomic E-state index is 12.9.